The van der Waals surface area contributed by atoms with Crippen molar-refractivity contribution in [3.63, 3.8) is 0 Å². The van der Waals surface area contributed by atoms with Gasteiger partial charge in [-0.2, -0.15) is 0 Å². The number of fused-ring (bicyclic) bond motifs is 3. The molecule has 28 heavy (non-hydrogen) atoms. The Bertz CT molecular complexity index is 1130. The molecule has 0 radical (unpaired) electrons. The second-order valence-corrected chi connectivity index (χ2v) is 6.52. The number of imidazole rings is 1. The molecule has 9 heteroatoms. The smallest absolute Gasteiger partial charge is 0.268 e. The first kappa shape index (κ1) is 17.8. The van der Waals surface area contributed by atoms with Crippen molar-refractivity contribution in [2.24, 2.45) is 5.73 Å². The fourth-order valence-electron chi connectivity index (χ4n) is 2.82. The fourth-order valence-corrected chi connectivity index (χ4v) is 2.82. The third-order valence-corrected chi connectivity index (χ3v) is 4.23. The average Bonchev–Trinajstić information content (AvgIpc) is 3.24. The number of benzene rings is 1. The largest absolute Gasteiger partial charge is 0.491 e. The van der Waals surface area contributed by atoms with Crippen LogP contribution in [0.15, 0.2) is 28.8 Å². The van der Waals surface area contributed by atoms with Crippen LogP contribution in [-0.4, -0.2) is 37.4 Å². The van der Waals surface area contributed by atoms with Gasteiger partial charge in [-0.3, -0.25) is 4.79 Å². The molecule has 1 atom stereocenters. The number of aryl methyl sites for hydroxylation is 1. The Kier molecular flexibility index (Phi) is 4.13. The maximum atomic E-state index is 11.5. The van der Waals surface area contributed by atoms with Gasteiger partial charge < -0.3 is 24.6 Å². The lowest BCUT2D eigenvalue weighted by molar-refractivity contribution is 0.0881. The zero-order valence-corrected chi connectivity index (χ0v) is 15.3. The van der Waals surface area contributed by atoms with Crippen LogP contribution < -0.4 is 10.5 Å². The molecule has 0 saturated carbocycles. The summed E-state index contributed by atoms with van der Waals surface area (Å²) in [4.78, 5) is 15.8. The van der Waals surface area contributed by atoms with Gasteiger partial charge in [-0.05, 0) is 25.1 Å². The van der Waals surface area contributed by atoms with Gasteiger partial charge in [0.1, 0.15) is 23.9 Å². The molecule has 1 aliphatic rings. The highest BCUT2D eigenvalue weighted by Crippen LogP contribution is 2.32. The molecule has 3 aromatic rings. The van der Waals surface area contributed by atoms with E-state index in [1.54, 1.807) is 31.3 Å². The number of rotatable bonds is 2. The number of nitrogens with two attached hydrogens (primary N) is 1. The number of aromatic nitrogens is 4. The number of primary amides is 1. The van der Waals surface area contributed by atoms with Crippen LogP contribution >= 0.6 is 0 Å². The summed E-state index contributed by atoms with van der Waals surface area (Å²) in [6.07, 6.45) is 1.61. The molecule has 1 aromatic carbocycles. The van der Waals surface area contributed by atoms with E-state index in [1.165, 1.54) is 6.92 Å². The number of amides is 1. The Morgan fingerprint density at radius 2 is 2.21 bits per heavy atom. The molecule has 9 nitrogen and oxygen atoms in total. The Hall–Kier alpha value is -3.64. The van der Waals surface area contributed by atoms with Gasteiger partial charge in [0, 0.05) is 18.7 Å². The maximum absolute atomic E-state index is 11.5. The van der Waals surface area contributed by atoms with Gasteiger partial charge >= 0.3 is 0 Å². The molecule has 0 bridgehead atoms. The van der Waals surface area contributed by atoms with E-state index in [9.17, 15) is 9.90 Å². The minimum absolute atomic E-state index is 0.0252. The number of hydrogen-bond acceptors (Lipinski definition) is 7. The van der Waals surface area contributed by atoms with E-state index >= 15 is 0 Å². The Labute approximate surface area is 160 Å². The third-order valence-electron chi connectivity index (χ3n) is 4.23. The van der Waals surface area contributed by atoms with Gasteiger partial charge in [0.15, 0.2) is 0 Å². The van der Waals surface area contributed by atoms with Crippen LogP contribution in [0.25, 0.3) is 11.4 Å². The van der Waals surface area contributed by atoms with E-state index < -0.39 is 11.5 Å². The van der Waals surface area contributed by atoms with Gasteiger partial charge in [-0.15, -0.1) is 10.2 Å². The molecule has 0 saturated heterocycles. The van der Waals surface area contributed by atoms with Crippen LogP contribution in [0.3, 0.4) is 0 Å². The van der Waals surface area contributed by atoms with Gasteiger partial charge in [0.05, 0.1) is 12.1 Å². The van der Waals surface area contributed by atoms with Crippen molar-refractivity contribution in [3.05, 3.63) is 47.4 Å². The van der Waals surface area contributed by atoms with Gasteiger partial charge in [0.2, 0.25) is 11.5 Å². The van der Waals surface area contributed by atoms with E-state index in [2.05, 4.69) is 27.0 Å². The normalized spacial score (nSPS) is 14.5. The third kappa shape index (κ3) is 3.21. The summed E-state index contributed by atoms with van der Waals surface area (Å²) < 4.78 is 12.8. The van der Waals surface area contributed by atoms with Crippen LogP contribution in [0.4, 0.5) is 0 Å². The average molecular weight is 379 g/mol. The molecule has 1 amide bonds. The fraction of sp³-hybridized carbons (Fsp3) is 0.263. The highest BCUT2D eigenvalue weighted by molar-refractivity contribution is 5.91. The van der Waals surface area contributed by atoms with Gasteiger partial charge in [-0.25, -0.2) is 4.98 Å². The molecule has 0 aliphatic carbocycles. The predicted molar refractivity (Wildman–Crippen MR) is 97.2 cm³/mol. The monoisotopic (exact) mass is 379 g/mol. The summed E-state index contributed by atoms with van der Waals surface area (Å²) in [5, 5.41) is 18.0. The number of ether oxygens (including phenoxy) is 1. The molecular weight excluding hydrogens is 362 g/mol. The summed E-state index contributed by atoms with van der Waals surface area (Å²) in [6.45, 7) is 4.08. The number of carbonyl (C=O) groups is 1. The zero-order valence-electron chi connectivity index (χ0n) is 15.3. The molecule has 0 spiro atoms. The zero-order chi connectivity index (χ0) is 19.9. The minimum Gasteiger partial charge on any atom is -0.491 e. The Balaban J connectivity index is 1.73. The van der Waals surface area contributed by atoms with E-state index in [1.807, 2.05) is 4.57 Å². The lowest BCUT2D eigenvalue weighted by atomic mass is 10.1. The molecule has 3 heterocycles. The van der Waals surface area contributed by atoms with Crippen molar-refractivity contribution >= 4 is 5.91 Å². The van der Waals surface area contributed by atoms with Crippen LogP contribution in [0.2, 0.25) is 0 Å². The first-order chi connectivity index (χ1) is 13.3. The predicted octanol–water partition coefficient (Wildman–Crippen LogP) is 0.992. The summed E-state index contributed by atoms with van der Waals surface area (Å²) in [5.74, 6) is 6.63. The highest BCUT2D eigenvalue weighted by atomic mass is 16.5. The molecule has 3 N–H and O–H groups in total. The molecule has 1 unspecified atom stereocenters. The highest BCUT2D eigenvalue weighted by Gasteiger charge is 2.27. The van der Waals surface area contributed by atoms with Crippen molar-refractivity contribution in [1.29, 1.82) is 0 Å². The maximum Gasteiger partial charge on any atom is 0.268 e. The minimum atomic E-state index is -1.60. The summed E-state index contributed by atoms with van der Waals surface area (Å²) in [6, 6.07) is 5.33. The molecule has 0 fully saturated rings. The number of hydrogen-bond donors (Lipinski definition) is 2. The van der Waals surface area contributed by atoms with Gasteiger partial charge in [0.25, 0.3) is 11.8 Å². The van der Waals surface area contributed by atoms with Crippen LogP contribution in [0.1, 0.15) is 34.8 Å². The Morgan fingerprint density at radius 3 is 2.93 bits per heavy atom. The van der Waals surface area contributed by atoms with Gasteiger partial charge in [-0.1, -0.05) is 11.8 Å². The molecule has 4 rings (SSSR count). The van der Waals surface area contributed by atoms with E-state index in [4.69, 9.17) is 14.9 Å². The second kappa shape index (κ2) is 6.51. The van der Waals surface area contributed by atoms with Crippen molar-refractivity contribution in [2.45, 2.75) is 26.0 Å². The van der Waals surface area contributed by atoms with Crippen molar-refractivity contribution in [1.82, 2.24) is 19.7 Å². The lowest BCUT2D eigenvalue weighted by Gasteiger charge is -2.10. The number of nitrogens with zero attached hydrogens (tertiary/aromatic N) is 4. The topological polar surface area (TPSA) is 129 Å². The van der Waals surface area contributed by atoms with E-state index in [0.717, 1.165) is 0 Å². The summed E-state index contributed by atoms with van der Waals surface area (Å²) >= 11 is 0. The SMILES string of the molecule is Cc1nnc(C(C)(O)C#Cc2ccc3c(c2)-c2nc(C(N)=O)cn2CCO3)o1. The van der Waals surface area contributed by atoms with Crippen LogP contribution in [0.5, 0.6) is 5.75 Å². The first-order valence-corrected chi connectivity index (χ1v) is 8.54. The van der Waals surface area contributed by atoms with E-state index in [0.29, 0.717) is 41.7 Å². The number of carbonyl (C=O) groups excluding carboxylic acids is 1. The lowest BCUT2D eigenvalue weighted by Crippen LogP contribution is -2.19. The number of aliphatic hydroxyl groups is 1. The molecule has 2 aromatic heterocycles. The van der Waals surface area contributed by atoms with E-state index in [-0.39, 0.29) is 11.6 Å². The van der Waals surface area contributed by atoms with Crippen molar-refractivity contribution in [3.8, 4) is 29.0 Å². The standard InChI is InChI=1S/C19H17N5O4/c1-11-22-23-18(28-11)19(2,26)6-5-12-3-4-15-13(9-12)17-21-14(16(20)25)10-24(17)7-8-27-15/h3-4,9-10,26H,7-8H2,1-2H3,(H2,20,25). The van der Waals surface area contributed by atoms with Crippen molar-refractivity contribution in [2.75, 3.05) is 6.61 Å². The first-order valence-electron chi connectivity index (χ1n) is 8.54. The van der Waals surface area contributed by atoms with Crippen LogP contribution in [-0.2, 0) is 12.1 Å². The van der Waals surface area contributed by atoms with Crippen LogP contribution in [0, 0.1) is 18.8 Å². The quantitative estimate of drug-likeness (QED) is 0.635. The van der Waals surface area contributed by atoms with Crippen molar-refractivity contribution < 1.29 is 19.1 Å². The summed E-state index contributed by atoms with van der Waals surface area (Å²) in [5.41, 5.74) is 5.25. The second-order valence-electron chi connectivity index (χ2n) is 6.52. The molecule has 142 valence electrons. The summed E-state index contributed by atoms with van der Waals surface area (Å²) in [7, 11) is 0. The Morgan fingerprint density at radius 1 is 1.39 bits per heavy atom. The molecular formula is C19H17N5O4. The molecule has 1 aliphatic heterocycles.